The van der Waals surface area contributed by atoms with Gasteiger partial charge < -0.3 is 20.1 Å². The second-order valence-electron chi connectivity index (χ2n) is 16.9. The topological polar surface area (TPSA) is 116 Å². The van der Waals surface area contributed by atoms with Crippen molar-refractivity contribution in [3.05, 3.63) is 52.1 Å². The van der Waals surface area contributed by atoms with Gasteiger partial charge in [0.1, 0.15) is 11.5 Å². The Morgan fingerprint density at radius 3 is 1.60 bits per heavy atom. The molecule has 0 atom stereocenters. The molecule has 0 saturated heterocycles. The normalized spacial score (nSPS) is 12.3. The average Bonchev–Trinajstić information content (AvgIpc) is 2.90. The summed E-state index contributed by atoms with van der Waals surface area (Å²) in [6.07, 6.45) is 6.75. The monoisotopic (exact) mass is 655 g/mol. The minimum atomic E-state index is -0.845. The number of unbranched alkanes of at least 4 members (excludes halogenated alkanes) is 5. The smallest absolute Gasteiger partial charge is 0.411 e. The van der Waals surface area contributed by atoms with Crippen molar-refractivity contribution < 1.29 is 29.6 Å². The van der Waals surface area contributed by atoms with E-state index in [1.165, 1.54) is 25.7 Å². The van der Waals surface area contributed by atoms with Crippen LogP contribution in [0.15, 0.2) is 24.3 Å². The minimum absolute atomic E-state index is 0.0325. The first-order valence-electron chi connectivity index (χ1n) is 17.3. The molecular weight excluding hydrogens is 590 g/mol. The molecule has 4 N–H and O–H groups in total. The van der Waals surface area contributed by atoms with E-state index in [1.807, 2.05) is 24.3 Å². The molecule has 0 fully saturated rings. The number of phenolic OH excluding ortho intramolecular Hbond substituents is 2. The standard InChI is InChI=1S/C23H39NO3.C17H26O3/c1-8-9-10-11-12-13-14-27-21(26)24-19-16-17(22(2,3)4)15-18(20(19)25)23(5,6)7;1-16(2,3)12-9-11(7-8-14(18)19)15(20)13(10-12)17(4,5)6/h15-16,25H,8-14H2,1-7H3,(H,24,26);9-10,20H,7-8H2,1-6H3,(H,18,19). The fraction of sp³-hybridized carbons (Fsp3) is 0.650. The predicted molar refractivity (Wildman–Crippen MR) is 195 cm³/mol. The van der Waals surface area contributed by atoms with E-state index in [-0.39, 0.29) is 39.6 Å². The summed E-state index contributed by atoms with van der Waals surface area (Å²) >= 11 is 0. The molecule has 1 amide bonds. The van der Waals surface area contributed by atoms with Gasteiger partial charge in [-0.15, -0.1) is 0 Å². The third kappa shape index (κ3) is 14.2. The van der Waals surface area contributed by atoms with Crippen molar-refractivity contribution in [3.63, 3.8) is 0 Å². The maximum Gasteiger partial charge on any atom is 0.411 e. The van der Waals surface area contributed by atoms with Crippen molar-refractivity contribution in [2.45, 2.75) is 163 Å². The molecule has 7 heteroatoms. The highest BCUT2D eigenvalue weighted by atomic mass is 16.5. The number of carbonyl (C=O) groups is 2. The Labute approximate surface area is 285 Å². The second-order valence-corrected chi connectivity index (χ2v) is 16.9. The lowest BCUT2D eigenvalue weighted by atomic mass is 9.78. The molecule has 266 valence electrons. The van der Waals surface area contributed by atoms with E-state index in [0.29, 0.717) is 18.7 Å². The Kier molecular flexibility index (Phi) is 15.3. The number of hydrogen-bond donors (Lipinski definition) is 4. The second kappa shape index (κ2) is 17.3. The number of rotatable bonds is 11. The van der Waals surface area contributed by atoms with Gasteiger partial charge in [-0.3, -0.25) is 10.1 Å². The molecule has 0 unspecified atom stereocenters. The summed E-state index contributed by atoms with van der Waals surface area (Å²) in [4.78, 5) is 22.9. The third-order valence-corrected chi connectivity index (χ3v) is 8.22. The summed E-state index contributed by atoms with van der Waals surface area (Å²) in [6.45, 7) is 27.6. The lowest BCUT2D eigenvalue weighted by Gasteiger charge is -2.27. The van der Waals surface area contributed by atoms with E-state index in [0.717, 1.165) is 40.7 Å². The van der Waals surface area contributed by atoms with Crippen LogP contribution in [-0.2, 0) is 37.6 Å². The molecule has 0 bridgehead atoms. The van der Waals surface area contributed by atoms with E-state index in [9.17, 15) is 19.8 Å². The highest BCUT2D eigenvalue weighted by Gasteiger charge is 2.27. The Bertz CT molecular complexity index is 1320. The van der Waals surface area contributed by atoms with Gasteiger partial charge in [0, 0.05) is 12.0 Å². The number of carboxylic acid groups (broad SMARTS) is 1. The van der Waals surface area contributed by atoms with Crippen LogP contribution in [-0.4, -0.2) is 34.0 Å². The third-order valence-electron chi connectivity index (χ3n) is 8.22. The number of anilines is 1. The SMILES string of the molecule is CC(C)(C)c1cc(CCC(=O)O)c(O)c(C(C)(C)C)c1.CCCCCCCCOC(=O)Nc1cc(C(C)(C)C)cc(C(C)(C)C)c1O. The Balaban J connectivity index is 0.000000491. The van der Waals surface area contributed by atoms with Gasteiger partial charge in [-0.2, -0.15) is 0 Å². The molecule has 0 aliphatic rings. The maximum absolute atomic E-state index is 12.2. The number of carbonyl (C=O) groups excluding carboxylic acids is 1. The number of carboxylic acids is 1. The number of aryl methyl sites for hydroxylation is 1. The number of hydrogen-bond acceptors (Lipinski definition) is 5. The van der Waals surface area contributed by atoms with Crippen LogP contribution in [0.2, 0.25) is 0 Å². The number of phenols is 2. The van der Waals surface area contributed by atoms with Gasteiger partial charge >= 0.3 is 12.1 Å². The highest BCUT2D eigenvalue weighted by molar-refractivity contribution is 5.87. The van der Waals surface area contributed by atoms with Gasteiger partial charge in [-0.05, 0) is 62.8 Å². The van der Waals surface area contributed by atoms with Gasteiger partial charge in [0.25, 0.3) is 0 Å². The fourth-order valence-corrected chi connectivity index (χ4v) is 5.06. The van der Waals surface area contributed by atoms with Crippen molar-refractivity contribution in [3.8, 4) is 11.5 Å². The summed E-state index contributed by atoms with van der Waals surface area (Å²) in [5.74, 6) is -0.485. The van der Waals surface area contributed by atoms with Gasteiger partial charge in [-0.1, -0.05) is 140 Å². The molecule has 0 radical (unpaired) electrons. The molecule has 2 aromatic carbocycles. The van der Waals surface area contributed by atoms with Gasteiger partial charge in [0.15, 0.2) is 0 Å². The molecule has 0 aromatic heterocycles. The van der Waals surface area contributed by atoms with Crippen LogP contribution >= 0.6 is 0 Å². The van der Waals surface area contributed by atoms with Crippen LogP contribution in [0.5, 0.6) is 11.5 Å². The van der Waals surface area contributed by atoms with Crippen molar-refractivity contribution in [2.24, 2.45) is 0 Å². The zero-order valence-corrected chi connectivity index (χ0v) is 31.7. The summed E-state index contributed by atoms with van der Waals surface area (Å²) in [7, 11) is 0. The lowest BCUT2D eigenvalue weighted by Crippen LogP contribution is -2.20. The molecule has 2 aromatic rings. The molecular formula is C40H65NO6. The number of amides is 1. The lowest BCUT2D eigenvalue weighted by molar-refractivity contribution is -0.136. The largest absolute Gasteiger partial charge is 0.507 e. The summed E-state index contributed by atoms with van der Waals surface area (Å²) in [5.41, 5.74) is 4.50. The van der Waals surface area contributed by atoms with Crippen molar-refractivity contribution >= 4 is 17.7 Å². The number of ether oxygens (including phenoxy) is 1. The summed E-state index contributed by atoms with van der Waals surface area (Å²) < 4.78 is 5.30. The van der Waals surface area contributed by atoms with Crippen LogP contribution in [0.4, 0.5) is 10.5 Å². The van der Waals surface area contributed by atoms with Gasteiger partial charge in [0.05, 0.1) is 12.3 Å². The van der Waals surface area contributed by atoms with Crippen LogP contribution < -0.4 is 5.32 Å². The number of aliphatic carboxylic acids is 1. The first-order chi connectivity index (χ1) is 21.4. The minimum Gasteiger partial charge on any atom is -0.507 e. The van der Waals surface area contributed by atoms with Crippen molar-refractivity contribution in [1.29, 1.82) is 0 Å². The Morgan fingerprint density at radius 1 is 0.660 bits per heavy atom. The van der Waals surface area contributed by atoms with Crippen LogP contribution in [0, 0.1) is 0 Å². The molecule has 0 spiro atoms. The average molecular weight is 656 g/mol. The molecule has 2 rings (SSSR count). The van der Waals surface area contributed by atoms with E-state index in [1.54, 1.807) is 0 Å². The quantitative estimate of drug-likeness (QED) is 0.141. The van der Waals surface area contributed by atoms with Crippen LogP contribution in [0.25, 0.3) is 0 Å². The van der Waals surface area contributed by atoms with E-state index >= 15 is 0 Å². The zero-order chi connectivity index (χ0) is 36.4. The fourth-order valence-electron chi connectivity index (χ4n) is 5.06. The summed E-state index contributed by atoms with van der Waals surface area (Å²) in [6, 6.07) is 7.85. The molecule has 0 heterocycles. The molecule has 0 aliphatic heterocycles. The Hall–Kier alpha value is -3.22. The molecule has 47 heavy (non-hydrogen) atoms. The van der Waals surface area contributed by atoms with Crippen LogP contribution in [0.3, 0.4) is 0 Å². The molecule has 0 aliphatic carbocycles. The molecule has 7 nitrogen and oxygen atoms in total. The van der Waals surface area contributed by atoms with E-state index < -0.39 is 12.1 Å². The Morgan fingerprint density at radius 2 is 1.13 bits per heavy atom. The highest BCUT2D eigenvalue weighted by Crippen LogP contribution is 2.41. The first-order valence-corrected chi connectivity index (χ1v) is 17.3. The number of nitrogens with one attached hydrogen (secondary N) is 1. The predicted octanol–water partition coefficient (Wildman–Crippen LogP) is 10.9. The first kappa shape index (κ1) is 41.8. The van der Waals surface area contributed by atoms with Crippen molar-refractivity contribution in [1.82, 2.24) is 0 Å². The van der Waals surface area contributed by atoms with Crippen molar-refractivity contribution in [2.75, 3.05) is 11.9 Å². The molecule has 0 saturated carbocycles. The van der Waals surface area contributed by atoms with Gasteiger partial charge in [-0.25, -0.2) is 4.79 Å². The zero-order valence-electron chi connectivity index (χ0n) is 31.7. The van der Waals surface area contributed by atoms with E-state index in [2.05, 4.69) is 95.3 Å². The maximum atomic E-state index is 12.2. The van der Waals surface area contributed by atoms with Gasteiger partial charge in [0.2, 0.25) is 0 Å². The summed E-state index contributed by atoms with van der Waals surface area (Å²) in [5, 5.41) is 32.7. The van der Waals surface area contributed by atoms with Crippen LogP contribution in [0.1, 0.15) is 163 Å². The number of benzene rings is 2. The van der Waals surface area contributed by atoms with E-state index in [4.69, 9.17) is 9.84 Å². The number of aromatic hydroxyl groups is 2.